The summed E-state index contributed by atoms with van der Waals surface area (Å²) in [4.78, 5) is 10.5. The lowest BCUT2D eigenvalue weighted by Gasteiger charge is -2.19. The molecule has 0 unspecified atom stereocenters. The first kappa shape index (κ1) is 12.5. The van der Waals surface area contributed by atoms with Gasteiger partial charge in [0.05, 0.1) is 4.92 Å². The van der Waals surface area contributed by atoms with Crippen LogP contribution in [0.1, 0.15) is 32.6 Å². The van der Waals surface area contributed by atoms with Crippen molar-refractivity contribution in [2.75, 3.05) is 5.43 Å². The van der Waals surface area contributed by atoms with Gasteiger partial charge in [-0.3, -0.25) is 15.5 Å². The minimum atomic E-state index is -0.396. The van der Waals surface area contributed by atoms with Crippen molar-refractivity contribution in [1.29, 1.82) is 0 Å². The summed E-state index contributed by atoms with van der Waals surface area (Å²) in [5.41, 5.74) is 4.46. The third-order valence-electron chi connectivity index (χ3n) is 3.31. The number of benzene rings is 1. The van der Waals surface area contributed by atoms with Crippen molar-refractivity contribution < 1.29 is 4.92 Å². The van der Waals surface area contributed by atoms with Gasteiger partial charge < -0.3 is 0 Å². The zero-order chi connectivity index (χ0) is 13.0. The van der Waals surface area contributed by atoms with Crippen LogP contribution in [0.5, 0.6) is 0 Å². The summed E-state index contributed by atoms with van der Waals surface area (Å²) in [6, 6.07) is 6.57. The van der Waals surface area contributed by atoms with Gasteiger partial charge >= 0.3 is 0 Å². The number of nitro benzene ring substituents is 1. The lowest BCUT2D eigenvalue weighted by Crippen LogP contribution is -2.17. The molecule has 1 aromatic rings. The van der Waals surface area contributed by atoms with Gasteiger partial charge in [-0.15, -0.1) is 0 Å². The highest BCUT2D eigenvalue weighted by molar-refractivity contribution is 5.87. The molecule has 0 saturated heterocycles. The maximum atomic E-state index is 10.9. The summed E-state index contributed by atoms with van der Waals surface area (Å²) < 4.78 is 0. The topological polar surface area (TPSA) is 67.5 Å². The van der Waals surface area contributed by atoms with Crippen LogP contribution in [0.2, 0.25) is 0 Å². The van der Waals surface area contributed by atoms with Gasteiger partial charge in [-0.25, -0.2) is 0 Å². The van der Waals surface area contributed by atoms with Crippen LogP contribution in [-0.4, -0.2) is 10.6 Å². The van der Waals surface area contributed by atoms with Crippen LogP contribution in [-0.2, 0) is 0 Å². The summed E-state index contributed by atoms with van der Waals surface area (Å²) >= 11 is 0. The SMILES string of the molecule is C[C@@H]1CCCC/C1=N\Nc1ccccc1[N+](=O)[O-]. The van der Waals surface area contributed by atoms with Crippen LogP contribution in [0, 0.1) is 16.0 Å². The molecule has 5 nitrogen and oxygen atoms in total. The molecule has 0 bridgehead atoms. The Bertz CT molecular complexity index is 471. The van der Waals surface area contributed by atoms with E-state index in [1.165, 1.54) is 12.5 Å². The molecule has 0 heterocycles. The fraction of sp³-hybridized carbons (Fsp3) is 0.462. The molecule has 1 aromatic carbocycles. The Morgan fingerprint density at radius 2 is 2.17 bits per heavy atom. The second-order valence-electron chi connectivity index (χ2n) is 4.64. The Morgan fingerprint density at radius 1 is 1.39 bits per heavy atom. The molecule has 0 radical (unpaired) electrons. The maximum absolute atomic E-state index is 10.9. The quantitative estimate of drug-likeness (QED) is 0.655. The van der Waals surface area contributed by atoms with Crippen molar-refractivity contribution in [2.24, 2.45) is 11.0 Å². The lowest BCUT2D eigenvalue weighted by molar-refractivity contribution is -0.384. The number of hydrogen-bond acceptors (Lipinski definition) is 4. The van der Waals surface area contributed by atoms with E-state index in [0.717, 1.165) is 25.0 Å². The molecule has 0 amide bonds. The summed E-state index contributed by atoms with van der Waals surface area (Å²) in [5.74, 6) is 0.467. The monoisotopic (exact) mass is 247 g/mol. The second-order valence-corrected chi connectivity index (χ2v) is 4.64. The third kappa shape index (κ3) is 2.85. The van der Waals surface area contributed by atoms with E-state index in [9.17, 15) is 10.1 Å². The summed E-state index contributed by atoms with van der Waals surface area (Å²) in [7, 11) is 0. The molecule has 96 valence electrons. The van der Waals surface area contributed by atoms with Gasteiger partial charge in [-0.05, 0) is 31.2 Å². The first-order valence-electron chi connectivity index (χ1n) is 6.24. The normalized spacial score (nSPS) is 21.8. The van der Waals surface area contributed by atoms with E-state index in [-0.39, 0.29) is 5.69 Å². The second kappa shape index (κ2) is 5.62. The number of nitro groups is 1. The van der Waals surface area contributed by atoms with Gasteiger partial charge in [0.1, 0.15) is 5.69 Å². The smallest absolute Gasteiger partial charge is 0.272 e. The van der Waals surface area contributed by atoms with Crippen molar-refractivity contribution in [2.45, 2.75) is 32.6 Å². The van der Waals surface area contributed by atoms with Gasteiger partial charge in [-0.2, -0.15) is 5.10 Å². The lowest BCUT2D eigenvalue weighted by atomic mass is 9.89. The Kier molecular flexibility index (Phi) is 3.92. The average molecular weight is 247 g/mol. The van der Waals surface area contributed by atoms with Crippen LogP contribution in [0.15, 0.2) is 29.4 Å². The van der Waals surface area contributed by atoms with E-state index in [0.29, 0.717) is 11.6 Å². The highest BCUT2D eigenvalue weighted by Crippen LogP contribution is 2.25. The van der Waals surface area contributed by atoms with Crippen molar-refractivity contribution in [3.63, 3.8) is 0 Å². The number of rotatable bonds is 3. The number of para-hydroxylation sites is 2. The molecule has 2 rings (SSSR count). The molecule has 5 heteroatoms. The van der Waals surface area contributed by atoms with Gasteiger partial charge in [0, 0.05) is 11.8 Å². The molecular weight excluding hydrogens is 230 g/mol. The fourth-order valence-electron chi connectivity index (χ4n) is 2.20. The summed E-state index contributed by atoms with van der Waals surface area (Å²) in [6.07, 6.45) is 4.53. The minimum Gasteiger partial charge on any atom is -0.272 e. The molecule has 1 atom stereocenters. The standard InChI is InChI=1S/C13H17N3O2/c1-10-6-2-3-7-11(10)14-15-12-8-4-5-9-13(12)16(17)18/h4-5,8-10,15H,2-3,6-7H2,1H3/b14-11+/t10-/m1/s1. The molecule has 1 aliphatic carbocycles. The predicted molar refractivity (Wildman–Crippen MR) is 71.8 cm³/mol. The van der Waals surface area contributed by atoms with Crippen LogP contribution >= 0.6 is 0 Å². The summed E-state index contributed by atoms with van der Waals surface area (Å²) in [6.45, 7) is 2.15. The Morgan fingerprint density at radius 3 is 2.89 bits per heavy atom. The molecule has 0 aromatic heterocycles. The summed E-state index contributed by atoms with van der Waals surface area (Å²) in [5, 5.41) is 15.2. The van der Waals surface area contributed by atoms with Crippen molar-refractivity contribution in [1.82, 2.24) is 0 Å². The molecular formula is C13H17N3O2. The van der Waals surface area contributed by atoms with E-state index in [1.807, 2.05) is 0 Å². The fourth-order valence-corrected chi connectivity index (χ4v) is 2.20. The van der Waals surface area contributed by atoms with Crippen molar-refractivity contribution in [3.05, 3.63) is 34.4 Å². The van der Waals surface area contributed by atoms with Crippen LogP contribution in [0.4, 0.5) is 11.4 Å². The minimum absolute atomic E-state index is 0.0605. The van der Waals surface area contributed by atoms with Crippen LogP contribution in [0.25, 0.3) is 0 Å². The third-order valence-corrected chi connectivity index (χ3v) is 3.31. The Hall–Kier alpha value is -1.91. The maximum Gasteiger partial charge on any atom is 0.294 e. The van der Waals surface area contributed by atoms with Crippen molar-refractivity contribution in [3.8, 4) is 0 Å². The molecule has 1 saturated carbocycles. The zero-order valence-corrected chi connectivity index (χ0v) is 10.4. The molecule has 0 spiro atoms. The largest absolute Gasteiger partial charge is 0.294 e. The van der Waals surface area contributed by atoms with Gasteiger partial charge in [-0.1, -0.05) is 25.5 Å². The molecule has 1 aliphatic rings. The average Bonchev–Trinajstić information content (AvgIpc) is 2.38. The van der Waals surface area contributed by atoms with Crippen LogP contribution < -0.4 is 5.43 Å². The van der Waals surface area contributed by atoms with E-state index >= 15 is 0 Å². The predicted octanol–water partition coefficient (Wildman–Crippen LogP) is 3.57. The number of hydrogen-bond donors (Lipinski definition) is 1. The zero-order valence-electron chi connectivity index (χ0n) is 10.4. The molecule has 0 aliphatic heterocycles. The number of hydrazone groups is 1. The Balaban J connectivity index is 2.14. The van der Waals surface area contributed by atoms with Crippen molar-refractivity contribution >= 4 is 17.1 Å². The number of nitrogens with one attached hydrogen (secondary N) is 1. The van der Waals surface area contributed by atoms with Gasteiger partial charge in [0.25, 0.3) is 5.69 Å². The highest BCUT2D eigenvalue weighted by atomic mass is 16.6. The Labute approximate surface area is 106 Å². The van der Waals surface area contributed by atoms with Gasteiger partial charge in [0.2, 0.25) is 0 Å². The van der Waals surface area contributed by atoms with E-state index in [1.54, 1.807) is 18.2 Å². The highest BCUT2D eigenvalue weighted by Gasteiger charge is 2.17. The van der Waals surface area contributed by atoms with Crippen LogP contribution in [0.3, 0.4) is 0 Å². The first-order valence-corrected chi connectivity index (χ1v) is 6.24. The molecule has 1 N–H and O–H groups in total. The van der Waals surface area contributed by atoms with E-state index in [4.69, 9.17) is 0 Å². The first-order chi connectivity index (χ1) is 8.68. The van der Waals surface area contributed by atoms with Gasteiger partial charge in [0.15, 0.2) is 0 Å². The van der Waals surface area contributed by atoms with E-state index in [2.05, 4.69) is 17.5 Å². The number of anilines is 1. The van der Waals surface area contributed by atoms with E-state index < -0.39 is 4.92 Å². The number of nitrogens with zero attached hydrogens (tertiary/aromatic N) is 2. The molecule has 18 heavy (non-hydrogen) atoms. The molecule has 1 fully saturated rings.